The van der Waals surface area contributed by atoms with Crippen LogP contribution < -0.4 is 4.74 Å². The van der Waals surface area contributed by atoms with Crippen LogP contribution in [-0.2, 0) is 0 Å². The summed E-state index contributed by atoms with van der Waals surface area (Å²) in [6, 6.07) is 13.8. The second kappa shape index (κ2) is 5.50. The molecule has 0 aliphatic rings. The van der Waals surface area contributed by atoms with Crippen molar-refractivity contribution in [2.24, 2.45) is 0 Å². The van der Waals surface area contributed by atoms with E-state index in [1.165, 1.54) is 13.0 Å². The van der Waals surface area contributed by atoms with Crippen LogP contribution in [-0.4, -0.2) is 10.1 Å². The van der Waals surface area contributed by atoms with Gasteiger partial charge in [-0.05, 0) is 31.2 Å². The first-order valence-electron chi connectivity index (χ1n) is 6.65. The van der Waals surface area contributed by atoms with Crippen molar-refractivity contribution >= 4 is 10.9 Å². The third-order valence-electron chi connectivity index (χ3n) is 3.25. The van der Waals surface area contributed by atoms with Gasteiger partial charge in [0, 0.05) is 11.6 Å². The van der Waals surface area contributed by atoms with Crippen LogP contribution in [0.5, 0.6) is 11.5 Å². The molecule has 3 aromatic rings. The summed E-state index contributed by atoms with van der Waals surface area (Å²) in [6.45, 7) is 1.51. The summed E-state index contributed by atoms with van der Waals surface area (Å²) in [6.07, 6.45) is 0.722. The minimum atomic E-state index is -0.955. The zero-order valence-electron chi connectivity index (χ0n) is 11.5. The molecule has 0 bridgehead atoms. The Bertz CT molecular complexity index is 781. The summed E-state index contributed by atoms with van der Waals surface area (Å²) < 4.78 is 19.7. The van der Waals surface area contributed by atoms with Gasteiger partial charge in [0.25, 0.3) is 0 Å². The standard InChI is InChI=1S/C17H14FNO2/c1-11(20)16-13(18)7-3-8-14(16)21-15-9-2-5-12-6-4-10-19-17(12)15/h2-11,20H,1H3/t11-/m1/s1. The van der Waals surface area contributed by atoms with Crippen LogP contribution in [0.3, 0.4) is 0 Å². The number of ether oxygens (including phenoxy) is 1. The van der Waals surface area contributed by atoms with Gasteiger partial charge < -0.3 is 9.84 Å². The molecule has 106 valence electrons. The normalized spacial score (nSPS) is 12.3. The third kappa shape index (κ3) is 2.58. The van der Waals surface area contributed by atoms with E-state index in [1.807, 2.05) is 24.3 Å². The van der Waals surface area contributed by atoms with Gasteiger partial charge in [0.2, 0.25) is 0 Å². The molecule has 3 rings (SSSR count). The monoisotopic (exact) mass is 283 g/mol. The highest BCUT2D eigenvalue weighted by molar-refractivity contribution is 5.84. The molecule has 21 heavy (non-hydrogen) atoms. The molecule has 0 amide bonds. The molecule has 0 fully saturated rings. The zero-order chi connectivity index (χ0) is 14.8. The van der Waals surface area contributed by atoms with E-state index in [4.69, 9.17) is 4.74 Å². The van der Waals surface area contributed by atoms with E-state index in [1.54, 1.807) is 24.4 Å². The molecule has 0 aliphatic carbocycles. The first kappa shape index (κ1) is 13.5. The van der Waals surface area contributed by atoms with Crippen molar-refractivity contribution in [1.29, 1.82) is 0 Å². The van der Waals surface area contributed by atoms with Crippen LogP contribution in [0.1, 0.15) is 18.6 Å². The summed E-state index contributed by atoms with van der Waals surface area (Å²) in [5.74, 6) is 0.333. The zero-order valence-corrected chi connectivity index (χ0v) is 11.5. The summed E-state index contributed by atoms with van der Waals surface area (Å²) in [5, 5.41) is 10.7. The van der Waals surface area contributed by atoms with Crippen LogP contribution in [0.25, 0.3) is 10.9 Å². The molecule has 1 N–H and O–H groups in total. The lowest BCUT2D eigenvalue weighted by molar-refractivity contribution is 0.190. The van der Waals surface area contributed by atoms with Crippen molar-refractivity contribution in [1.82, 2.24) is 4.98 Å². The van der Waals surface area contributed by atoms with E-state index in [2.05, 4.69) is 4.98 Å². The summed E-state index contributed by atoms with van der Waals surface area (Å²) in [5.41, 5.74) is 0.839. The lowest BCUT2D eigenvalue weighted by Gasteiger charge is -2.14. The Balaban J connectivity index is 2.09. The number of para-hydroxylation sites is 1. The van der Waals surface area contributed by atoms with Gasteiger partial charge in [-0.2, -0.15) is 0 Å². The van der Waals surface area contributed by atoms with Gasteiger partial charge in [0.15, 0.2) is 5.75 Å². The van der Waals surface area contributed by atoms with Crippen LogP contribution in [0.2, 0.25) is 0 Å². The predicted octanol–water partition coefficient (Wildman–Crippen LogP) is 4.22. The molecular weight excluding hydrogens is 269 g/mol. The van der Waals surface area contributed by atoms with Gasteiger partial charge in [-0.3, -0.25) is 4.98 Å². The van der Waals surface area contributed by atoms with E-state index in [0.29, 0.717) is 17.0 Å². The van der Waals surface area contributed by atoms with Crippen molar-refractivity contribution in [3.05, 3.63) is 66.1 Å². The largest absolute Gasteiger partial charge is 0.455 e. The number of hydrogen-bond donors (Lipinski definition) is 1. The van der Waals surface area contributed by atoms with E-state index in [-0.39, 0.29) is 5.56 Å². The van der Waals surface area contributed by atoms with Crippen LogP contribution in [0.4, 0.5) is 4.39 Å². The van der Waals surface area contributed by atoms with Gasteiger partial charge in [0.05, 0.1) is 11.7 Å². The number of aliphatic hydroxyl groups is 1. The maximum atomic E-state index is 13.9. The molecule has 3 nitrogen and oxygen atoms in total. The molecule has 0 saturated heterocycles. The van der Waals surface area contributed by atoms with Crippen molar-refractivity contribution in [3.8, 4) is 11.5 Å². The highest BCUT2D eigenvalue weighted by atomic mass is 19.1. The van der Waals surface area contributed by atoms with Crippen LogP contribution in [0, 0.1) is 5.82 Å². The molecule has 0 spiro atoms. The molecule has 0 radical (unpaired) electrons. The second-order valence-electron chi connectivity index (χ2n) is 4.76. The summed E-state index contributed by atoms with van der Waals surface area (Å²) in [4.78, 5) is 4.29. The van der Waals surface area contributed by atoms with E-state index < -0.39 is 11.9 Å². The fourth-order valence-electron chi connectivity index (χ4n) is 2.29. The Hall–Kier alpha value is -2.46. The van der Waals surface area contributed by atoms with Crippen LogP contribution in [0.15, 0.2) is 54.7 Å². The average molecular weight is 283 g/mol. The minimum Gasteiger partial charge on any atom is -0.455 e. The smallest absolute Gasteiger partial charge is 0.153 e. The number of benzene rings is 2. The number of rotatable bonds is 3. The van der Waals surface area contributed by atoms with Crippen LogP contribution >= 0.6 is 0 Å². The first-order valence-corrected chi connectivity index (χ1v) is 6.65. The minimum absolute atomic E-state index is 0.144. The van der Waals surface area contributed by atoms with Gasteiger partial charge in [-0.25, -0.2) is 4.39 Å². The molecular formula is C17H14FNO2. The number of nitrogens with zero attached hydrogens (tertiary/aromatic N) is 1. The SMILES string of the molecule is C[C@@H](O)c1c(F)cccc1Oc1cccc2cccnc12. The summed E-state index contributed by atoms with van der Waals surface area (Å²) >= 11 is 0. The molecule has 1 heterocycles. The highest BCUT2D eigenvalue weighted by Gasteiger charge is 2.16. The Morgan fingerprint density at radius 1 is 1.05 bits per heavy atom. The molecule has 1 atom stereocenters. The number of aromatic nitrogens is 1. The second-order valence-corrected chi connectivity index (χ2v) is 4.76. The Kier molecular flexibility index (Phi) is 3.54. The van der Waals surface area contributed by atoms with Gasteiger partial charge in [-0.1, -0.05) is 24.3 Å². The number of pyridine rings is 1. The third-order valence-corrected chi connectivity index (χ3v) is 3.25. The quantitative estimate of drug-likeness (QED) is 0.782. The number of fused-ring (bicyclic) bond motifs is 1. The van der Waals surface area contributed by atoms with Gasteiger partial charge in [0.1, 0.15) is 17.1 Å². The highest BCUT2D eigenvalue weighted by Crippen LogP contribution is 2.34. The fourth-order valence-corrected chi connectivity index (χ4v) is 2.29. The average Bonchev–Trinajstić information content (AvgIpc) is 2.47. The molecule has 0 aliphatic heterocycles. The van der Waals surface area contributed by atoms with Crippen molar-refractivity contribution < 1.29 is 14.2 Å². The molecule has 2 aromatic carbocycles. The maximum Gasteiger partial charge on any atom is 0.153 e. The molecule has 0 saturated carbocycles. The summed E-state index contributed by atoms with van der Waals surface area (Å²) in [7, 11) is 0. The van der Waals surface area contributed by atoms with Crippen molar-refractivity contribution in [2.45, 2.75) is 13.0 Å². The van der Waals surface area contributed by atoms with E-state index >= 15 is 0 Å². The Labute approximate surface area is 121 Å². The van der Waals surface area contributed by atoms with Crippen molar-refractivity contribution in [2.75, 3.05) is 0 Å². The fraction of sp³-hybridized carbons (Fsp3) is 0.118. The topological polar surface area (TPSA) is 42.4 Å². The van der Waals surface area contributed by atoms with E-state index in [9.17, 15) is 9.50 Å². The molecule has 0 unspecified atom stereocenters. The van der Waals surface area contributed by atoms with Crippen molar-refractivity contribution in [3.63, 3.8) is 0 Å². The lowest BCUT2D eigenvalue weighted by Crippen LogP contribution is -2.00. The Morgan fingerprint density at radius 3 is 2.57 bits per heavy atom. The number of aliphatic hydroxyl groups excluding tert-OH is 1. The Morgan fingerprint density at radius 2 is 1.76 bits per heavy atom. The van der Waals surface area contributed by atoms with Gasteiger partial charge >= 0.3 is 0 Å². The molecule has 4 heteroatoms. The van der Waals surface area contributed by atoms with Gasteiger partial charge in [-0.15, -0.1) is 0 Å². The number of hydrogen-bond acceptors (Lipinski definition) is 3. The molecule has 1 aromatic heterocycles. The maximum absolute atomic E-state index is 13.9. The van der Waals surface area contributed by atoms with E-state index in [0.717, 1.165) is 5.39 Å². The first-order chi connectivity index (χ1) is 10.2. The lowest BCUT2D eigenvalue weighted by atomic mass is 10.1. The predicted molar refractivity (Wildman–Crippen MR) is 78.9 cm³/mol. The number of halogens is 1.